The first kappa shape index (κ1) is 12.2. The van der Waals surface area contributed by atoms with Crippen LogP contribution in [0.1, 0.15) is 30.1 Å². The minimum Gasteiger partial charge on any atom is -0.306 e. The molecule has 1 saturated heterocycles. The number of rotatable bonds is 2. The normalized spacial score (nSPS) is 20.2. The second-order valence-corrected chi connectivity index (χ2v) is 5.20. The number of hydrogen-bond acceptors (Lipinski definition) is 2. The molecule has 0 aliphatic carbocycles. The van der Waals surface area contributed by atoms with Crippen molar-refractivity contribution in [2.24, 2.45) is 5.41 Å². The van der Waals surface area contributed by atoms with Crippen molar-refractivity contribution in [3.63, 3.8) is 0 Å². The summed E-state index contributed by atoms with van der Waals surface area (Å²) in [7, 11) is 2.07. The molecule has 0 bridgehead atoms. The highest BCUT2D eigenvalue weighted by Gasteiger charge is 2.36. The summed E-state index contributed by atoms with van der Waals surface area (Å²) in [5.74, 6) is -0.152. The summed E-state index contributed by atoms with van der Waals surface area (Å²) in [6, 6.07) is 5.87. The molecule has 0 spiro atoms. The van der Waals surface area contributed by atoms with E-state index in [-0.39, 0.29) is 17.0 Å². The number of benzene rings is 1. The summed E-state index contributed by atoms with van der Waals surface area (Å²) < 4.78 is 12.8. The van der Waals surface area contributed by atoms with Crippen LogP contribution in [-0.4, -0.2) is 30.8 Å². The number of likely N-dealkylation sites (tertiary alicyclic amines) is 1. The van der Waals surface area contributed by atoms with Crippen molar-refractivity contribution in [1.82, 2.24) is 4.90 Å². The van der Waals surface area contributed by atoms with Crippen molar-refractivity contribution in [3.8, 4) is 0 Å². The third-order valence-corrected chi connectivity index (χ3v) is 3.75. The van der Waals surface area contributed by atoms with E-state index < -0.39 is 0 Å². The number of carbonyl (C=O) groups is 1. The Kier molecular flexibility index (Phi) is 3.29. The van der Waals surface area contributed by atoms with Crippen LogP contribution in [0.4, 0.5) is 4.39 Å². The Balaban J connectivity index is 2.16. The number of piperidine rings is 1. The van der Waals surface area contributed by atoms with E-state index in [1.807, 2.05) is 6.92 Å². The van der Waals surface area contributed by atoms with Gasteiger partial charge >= 0.3 is 0 Å². The van der Waals surface area contributed by atoms with Gasteiger partial charge in [-0.05, 0) is 57.2 Å². The zero-order valence-electron chi connectivity index (χ0n) is 10.4. The van der Waals surface area contributed by atoms with Gasteiger partial charge in [0.2, 0.25) is 0 Å². The maximum atomic E-state index is 12.8. The summed E-state index contributed by atoms with van der Waals surface area (Å²) in [5.41, 5.74) is 0.336. The fourth-order valence-electron chi connectivity index (χ4n) is 2.29. The van der Waals surface area contributed by atoms with Gasteiger partial charge in [0, 0.05) is 11.0 Å². The van der Waals surface area contributed by atoms with Gasteiger partial charge in [0.05, 0.1) is 0 Å². The molecule has 1 aromatic carbocycles. The molecule has 1 fully saturated rings. The summed E-state index contributed by atoms with van der Waals surface area (Å²) >= 11 is 0. The van der Waals surface area contributed by atoms with Gasteiger partial charge in [-0.15, -0.1) is 0 Å². The van der Waals surface area contributed by atoms with Gasteiger partial charge in [0.15, 0.2) is 5.78 Å². The molecular formula is C14H18FNO. The Bertz CT molecular complexity index is 405. The lowest BCUT2D eigenvalue weighted by Crippen LogP contribution is -2.41. The van der Waals surface area contributed by atoms with E-state index in [4.69, 9.17) is 0 Å². The van der Waals surface area contributed by atoms with Crippen molar-refractivity contribution >= 4 is 5.78 Å². The smallest absolute Gasteiger partial charge is 0.168 e. The average molecular weight is 235 g/mol. The van der Waals surface area contributed by atoms with Crippen LogP contribution in [0.15, 0.2) is 24.3 Å². The van der Waals surface area contributed by atoms with Crippen LogP contribution < -0.4 is 0 Å². The molecule has 0 N–H and O–H groups in total. The molecule has 0 aromatic heterocycles. The Morgan fingerprint density at radius 3 is 2.29 bits per heavy atom. The first-order chi connectivity index (χ1) is 8.01. The van der Waals surface area contributed by atoms with Crippen LogP contribution in [0.2, 0.25) is 0 Å². The minimum atomic E-state index is -0.296. The summed E-state index contributed by atoms with van der Waals surface area (Å²) in [4.78, 5) is 14.6. The second-order valence-electron chi connectivity index (χ2n) is 5.20. The number of ketones is 1. The van der Waals surface area contributed by atoms with Gasteiger partial charge in [0.1, 0.15) is 5.82 Å². The van der Waals surface area contributed by atoms with E-state index >= 15 is 0 Å². The van der Waals surface area contributed by atoms with Gasteiger partial charge in [0.25, 0.3) is 0 Å². The van der Waals surface area contributed by atoms with Crippen LogP contribution in [0, 0.1) is 11.2 Å². The van der Waals surface area contributed by atoms with Gasteiger partial charge in [-0.2, -0.15) is 0 Å². The second kappa shape index (κ2) is 4.57. The van der Waals surface area contributed by atoms with Crippen LogP contribution >= 0.6 is 0 Å². The van der Waals surface area contributed by atoms with Crippen LogP contribution in [0.3, 0.4) is 0 Å². The highest BCUT2D eigenvalue weighted by molar-refractivity contribution is 6.00. The summed E-state index contributed by atoms with van der Waals surface area (Å²) in [6.45, 7) is 3.92. The lowest BCUT2D eigenvalue weighted by molar-refractivity contribution is 0.0678. The quantitative estimate of drug-likeness (QED) is 0.735. The fraction of sp³-hybridized carbons (Fsp3) is 0.500. The van der Waals surface area contributed by atoms with Gasteiger partial charge in [-0.1, -0.05) is 6.92 Å². The van der Waals surface area contributed by atoms with Crippen LogP contribution in [-0.2, 0) is 0 Å². The van der Waals surface area contributed by atoms with Gasteiger partial charge < -0.3 is 4.90 Å². The van der Waals surface area contributed by atoms with Crippen LogP contribution in [0.25, 0.3) is 0 Å². The summed E-state index contributed by atoms with van der Waals surface area (Å²) in [5, 5.41) is 0. The third-order valence-electron chi connectivity index (χ3n) is 3.75. The fourth-order valence-corrected chi connectivity index (χ4v) is 2.29. The molecule has 1 heterocycles. The largest absolute Gasteiger partial charge is 0.306 e. The maximum absolute atomic E-state index is 12.8. The molecule has 17 heavy (non-hydrogen) atoms. The average Bonchev–Trinajstić information content (AvgIpc) is 2.33. The monoisotopic (exact) mass is 235 g/mol. The number of halogens is 1. The SMILES string of the molecule is CN1CCC(C)(C(=O)c2ccc(F)cc2)CC1. The molecule has 2 rings (SSSR count). The summed E-state index contributed by atoms with van der Waals surface area (Å²) in [6.07, 6.45) is 1.75. The van der Waals surface area contributed by atoms with E-state index in [1.54, 1.807) is 12.1 Å². The Morgan fingerprint density at radius 2 is 1.76 bits per heavy atom. The van der Waals surface area contributed by atoms with Crippen molar-refractivity contribution in [2.75, 3.05) is 20.1 Å². The van der Waals surface area contributed by atoms with Crippen molar-refractivity contribution in [1.29, 1.82) is 0 Å². The zero-order chi connectivity index (χ0) is 12.5. The molecular weight excluding hydrogens is 217 g/mol. The van der Waals surface area contributed by atoms with E-state index in [1.165, 1.54) is 12.1 Å². The van der Waals surface area contributed by atoms with Gasteiger partial charge in [-0.25, -0.2) is 4.39 Å². The molecule has 0 unspecified atom stereocenters. The molecule has 3 heteroatoms. The van der Waals surface area contributed by atoms with E-state index in [9.17, 15) is 9.18 Å². The Hall–Kier alpha value is -1.22. The van der Waals surface area contributed by atoms with Crippen molar-refractivity contribution in [3.05, 3.63) is 35.6 Å². The predicted octanol–water partition coefficient (Wildman–Crippen LogP) is 2.74. The number of nitrogens with zero attached hydrogens (tertiary/aromatic N) is 1. The standard InChI is InChI=1S/C14H18FNO/c1-14(7-9-16(2)10-8-14)13(17)11-3-5-12(15)6-4-11/h3-6H,7-10H2,1-2H3. The number of hydrogen-bond donors (Lipinski definition) is 0. The van der Waals surface area contributed by atoms with Gasteiger partial charge in [-0.3, -0.25) is 4.79 Å². The van der Waals surface area contributed by atoms with Crippen molar-refractivity contribution in [2.45, 2.75) is 19.8 Å². The van der Waals surface area contributed by atoms with E-state index in [0.717, 1.165) is 25.9 Å². The molecule has 1 aromatic rings. The molecule has 0 atom stereocenters. The number of Topliss-reactive ketones (excluding diaryl/α,β-unsaturated/α-hetero) is 1. The first-order valence-corrected chi connectivity index (χ1v) is 6.00. The lowest BCUT2D eigenvalue weighted by Gasteiger charge is -2.36. The van der Waals surface area contributed by atoms with Crippen LogP contribution in [0.5, 0.6) is 0 Å². The topological polar surface area (TPSA) is 20.3 Å². The molecule has 1 aliphatic heterocycles. The Morgan fingerprint density at radius 1 is 1.24 bits per heavy atom. The zero-order valence-corrected chi connectivity index (χ0v) is 10.4. The Labute approximate surface area is 101 Å². The molecule has 0 radical (unpaired) electrons. The van der Waals surface area contributed by atoms with E-state index in [2.05, 4.69) is 11.9 Å². The highest BCUT2D eigenvalue weighted by Crippen LogP contribution is 2.34. The first-order valence-electron chi connectivity index (χ1n) is 6.00. The molecule has 0 saturated carbocycles. The highest BCUT2D eigenvalue weighted by atomic mass is 19.1. The maximum Gasteiger partial charge on any atom is 0.168 e. The minimum absolute atomic E-state index is 0.144. The molecule has 0 amide bonds. The molecule has 1 aliphatic rings. The number of carbonyl (C=O) groups excluding carboxylic acids is 1. The van der Waals surface area contributed by atoms with Crippen molar-refractivity contribution < 1.29 is 9.18 Å². The van der Waals surface area contributed by atoms with E-state index in [0.29, 0.717) is 5.56 Å². The predicted molar refractivity (Wildman–Crippen MR) is 65.6 cm³/mol. The molecule has 92 valence electrons. The third kappa shape index (κ3) is 2.55. The lowest BCUT2D eigenvalue weighted by atomic mass is 9.74. The molecule has 2 nitrogen and oxygen atoms in total.